The average Bonchev–Trinajstić information content (AvgIpc) is 2.39. The van der Waals surface area contributed by atoms with Gasteiger partial charge in [-0.15, -0.1) is 0 Å². The molecular formula is C16H34O4S2. The van der Waals surface area contributed by atoms with Crippen LogP contribution >= 0.6 is 0 Å². The number of hydrogen-bond acceptors (Lipinski definition) is 4. The molecule has 0 spiro atoms. The Bertz CT molecular complexity index is 368. The quantitative estimate of drug-likeness (QED) is 0.444. The second-order valence-corrected chi connectivity index (χ2v) is 10.6. The lowest BCUT2D eigenvalue weighted by atomic mass is 10.2. The highest BCUT2D eigenvalue weighted by Gasteiger charge is 2.29. The molecular weight excluding hydrogens is 320 g/mol. The monoisotopic (exact) mass is 354 g/mol. The van der Waals surface area contributed by atoms with E-state index in [2.05, 4.69) is 34.6 Å². The summed E-state index contributed by atoms with van der Waals surface area (Å²) in [5.74, 6) is 1.07. The van der Waals surface area contributed by atoms with E-state index < -0.39 is 10.1 Å². The maximum Gasteiger partial charge on any atom is 0.181 e. The first-order chi connectivity index (χ1) is 10.0. The Hall–Kier alpha value is -0.0700. The van der Waals surface area contributed by atoms with Gasteiger partial charge in [0.2, 0.25) is 0 Å². The molecule has 0 aliphatic rings. The zero-order valence-corrected chi connectivity index (χ0v) is 16.7. The van der Waals surface area contributed by atoms with Gasteiger partial charge < -0.3 is 4.55 Å². The van der Waals surface area contributed by atoms with Gasteiger partial charge in [-0.05, 0) is 51.4 Å². The molecule has 0 N–H and O–H groups in total. The second kappa shape index (κ2) is 13.4. The van der Waals surface area contributed by atoms with Crippen molar-refractivity contribution in [3.63, 3.8) is 0 Å². The minimum Gasteiger partial charge on any atom is -0.748 e. The summed E-state index contributed by atoms with van der Waals surface area (Å²) in [7, 11) is -3.65. The van der Waals surface area contributed by atoms with Crippen molar-refractivity contribution in [2.45, 2.75) is 84.1 Å². The number of hydrogen-bond donors (Lipinski definition) is 0. The third kappa shape index (κ3) is 16.3. The van der Waals surface area contributed by atoms with E-state index in [1.807, 2.05) is 6.92 Å². The van der Waals surface area contributed by atoms with Crippen LogP contribution in [0.4, 0.5) is 0 Å². The third-order valence-corrected chi connectivity index (χ3v) is 6.96. The van der Waals surface area contributed by atoms with Gasteiger partial charge in [0.1, 0.15) is 10.5 Å². The maximum absolute atomic E-state index is 11.6. The molecule has 0 aromatic rings. The molecule has 0 saturated carbocycles. The third-order valence-electron chi connectivity index (χ3n) is 3.10. The Labute approximate surface area is 140 Å². The Morgan fingerprint density at radius 2 is 1.45 bits per heavy atom. The highest BCUT2D eigenvalue weighted by atomic mass is 32.2. The van der Waals surface area contributed by atoms with Crippen LogP contribution in [0.15, 0.2) is 0 Å². The van der Waals surface area contributed by atoms with Crippen LogP contribution in [-0.4, -0.2) is 40.8 Å². The van der Waals surface area contributed by atoms with E-state index in [1.54, 1.807) is 0 Å². The van der Waals surface area contributed by atoms with Gasteiger partial charge >= 0.3 is 0 Å². The van der Waals surface area contributed by atoms with Crippen LogP contribution in [0.5, 0.6) is 0 Å². The first kappa shape index (κ1) is 24.2. The molecule has 0 unspecified atom stereocenters. The van der Waals surface area contributed by atoms with Gasteiger partial charge in [-0.1, -0.05) is 26.7 Å². The van der Waals surface area contributed by atoms with Gasteiger partial charge in [0.15, 0.2) is 11.5 Å². The molecule has 0 aliphatic carbocycles. The zero-order chi connectivity index (χ0) is 17.8. The van der Waals surface area contributed by atoms with Crippen molar-refractivity contribution >= 4 is 26.8 Å². The van der Waals surface area contributed by atoms with Crippen molar-refractivity contribution in [3.8, 4) is 0 Å². The maximum atomic E-state index is 11.6. The summed E-state index contributed by atoms with van der Waals surface area (Å²) in [4.78, 5) is 11.6. The predicted molar refractivity (Wildman–Crippen MR) is 96.5 cm³/mol. The topological polar surface area (TPSA) is 74.3 Å². The summed E-state index contributed by atoms with van der Waals surface area (Å²) < 4.78 is 29.5. The molecule has 0 fully saturated rings. The van der Waals surface area contributed by atoms with Crippen molar-refractivity contribution in [1.82, 2.24) is 0 Å². The first-order valence-electron chi connectivity index (χ1n) is 8.18. The van der Waals surface area contributed by atoms with E-state index >= 15 is 0 Å². The van der Waals surface area contributed by atoms with Crippen LogP contribution in [-0.2, 0) is 25.8 Å². The molecule has 6 heteroatoms. The van der Waals surface area contributed by atoms with Gasteiger partial charge in [0, 0.05) is 12.2 Å². The molecule has 0 heterocycles. The lowest BCUT2D eigenvalue weighted by Crippen LogP contribution is -2.31. The first-order valence-corrected chi connectivity index (χ1v) is 11.3. The highest BCUT2D eigenvalue weighted by Crippen LogP contribution is 2.14. The molecule has 0 aliphatic heterocycles. The van der Waals surface area contributed by atoms with E-state index in [9.17, 15) is 17.8 Å². The molecule has 0 aromatic carbocycles. The fourth-order valence-corrected chi connectivity index (χ4v) is 4.74. The van der Waals surface area contributed by atoms with Crippen LogP contribution in [0.3, 0.4) is 0 Å². The Morgan fingerprint density at radius 1 is 1.00 bits per heavy atom. The Morgan fingerprint density at radius 3 is 1.73 bits per heavy atom. The largest absolute Gasteiger partial charge is 0.748 e. The van der Waals surface area contributed by atoms with E-state index in [0.29, 0.717) is 22.7 Å². The summed E-state index contributed by atoms with van der Waals surface area (Å²) >= 11 is 0. The van der Waals surface area contributed by atoms with E-state index in [4.69, 9.17) is 0 Å². The molecule has 0 aromatic heterocycles. The van der Waals surface area contributed by atoms with Gasteiger partial charge in [0.05, 0.1) is 10.1 Å². The number of carbonyl (C=O) groups is 1. The molecule has 0 saturated heterocycles. The standard InChI is InChI=1S/C12H25OS.C4H10O3S/c1-6-7-8-12(13)9-14(10(2)3)11(4)5;1-2-3-4-8(5,6)7/h10-11H,6-9H2,1-5H3;2-4H2,1H3,(H,5,6,7)/q+1;/p-1. The van der Waals surface area contributed by atoms with E-state index in [-0.39, 0.29) is 16.6 Å². The summed E-state index contributed by atoms with van der Waals surface area (Å²) in [5, 5.41) is 1.31. The second-order valence-electron chi connectivity index (χ2n) is 5.97. The average molecular weight is 355 g/mol. The molecule has 0 bridgehead atoms. The number of rotatable bonds is 10. The summed E-state index contributed by atoms with van der Waals surface area (Å²) in [5.41, 5.74) is 0. The molecule has 22 heavy (non-hydrogen) atoms. The lowest BCUT2D eigenvalue weighted by molar-refractivity contribution is -0.116. The van der Waals surface area contributed by atoms with Crippen LogP contribution in [0.2, 0.25) is 0 Å². The number of ketones is 1. The van der Waals surface area contributed by atoms with Crippen molar-refractivity contribution in [3.05, 3.63) is 0 Å². The summed E-state index contributed by atoms with van der Waals surface area (Å²) in [6.45, 7) is 12.9. The zero-order valence-electron chi connectivity index (χ0n) is 15.1. The fraction of sp³-hybridized carbons (Fsp3) is 0.938. The molecule has 0 amide bonds. The van der Waals surface area contributed by atoms with Crippen LogP contribution < -0.4 is 0 Å². The lowest BCUT2D eigenvalue weighted by Gasteiger charge is -2.14. The van der Waals surface area contributed by atoms with E-state index in [0.717, 1.165) is 31.4 Å². The fourth-order valence-electron chi connectivity index (χ4n) is 1.83. The van der Waals surface area contributed by atoms with Gasteiger partial charge in [-0.3, -0.25) is 4.79 Å². The SMILES string of the molecule is CCCCC(=O)C[S+](C(C)C)C(C)C.CCCCS(=O)(=O)[O-]. The molecule has 134 valence electrons. The predicted octanol–water partition coefficient (Wildman–Crippen LogP) is 3.51. The molecule has 4 nitrogen and oxygen atoms in total. The van der Waals surface area contributed by atoms with Gasteiger partial charge in [-0.2, -0.15) is 0 Å². The smallest absolute Gasteiger partial charge is 0.181 e. The van der Waals surface area contributed by atoms with Crippen molar-refractivity contribution in [1.29, 1.82) is 0 Å². The van der Waals surface area contributed by atoms with E-state index in [1.165, 1.54) is 0 Å². The Balaban J connectivity index is 0. The van der Waals surface area contributed by atoms with Crippen LogP contribution in [0.1, 0.15) is 73.6 Å². The van der Waals surface area contributed by atoms with Gasteiger partial charge in [0.25, 0.3) is 0 Å². The summed E-state index contributed by atoms with van der Waals surface area (Å²) in [6.07, 6.45) is 4.21. The van der Waals surface area contributed by atoms with Crippen molar-refractivity contribution in [2.75, 3.05) is 11.5 Å². The highest BCUT2D eigenvalue weighted by molar-refractivity contribution is 7.98. The minimum absolute atomic E-state index is 0.219. The molecule has 0 radical (unpaired) electrons. The molecule has 0 rings (SSSR count). The molecule has 0 atom stereocenters. The minimum atomic E-state index is -3.94. The number of carbonyl (C=O) groups excluding carboxylic acids is 1. The summed E-state index contributed by atoms with van der Waals surface area (Å²) in [6, 6.07) is 0. The van der Waals surface area contributed by atoms with Crippen molar-refractivity contribution < 1.29 is 17.8 Å². The van der Waals surface area contributed by atoms with Crippen LogP contribution in [0.25, 0.3) is 0 Å². The number of unbranched alkanes of at least 4 members (excludes halogenated alkanes) is 2. The number of Topliss-reactive ketones (excluding diaryl/α,β-unsaturated/α-hetero) is 1. The van der Waals surface area contributed by atoms with Crippen LogP contribution in [0, 0.1) is 0 Å². The van der Waals surface area contributed by atoms with Crippen molar-refractivity contribution in [2.24, 2.45) is 0 Å². The Kier molecular flexibility index (Phi) is 14.7. The van der Waals surface area contributed by atoms with Gasteiger partial charge in [-0.25, -0.2) is 8.42 Å². The normalized spacial score (nSPS) is 11.7.